The molecule has 2 aromatic rings. The van der Waals surface area contributed by atoms with Gasteiger partial charge < -0.3 is 0 Å². The molecule has 0 radical (unpaired) electrons. The quantitative estimate of drug-likeness (QED) is 0.522. The van der Waals surface area contributed by atoms with Crippen LogP contribution >= 0.6 is 23.2 Å². The summed E-state index contributed by atoms with van der Waals surface area (Å²) in [7, 11) is 0. The molecule has 0 heterocycles. The zero-order valence-electron chi connectivity index (χ0n) is 10.3. The fourth-order valence-corrected chi connectivity index (χ4v) is 2.40. The van der Waals surface area contributed by atoms with E-state index in [1.54, 1.807) is 0 Å². The summed E-state index contributed by atoms with van der Waals surface area (Å²) in [4.78, 5) is 0. The summed E-state index contributed by atoms with van der Waals surface area (Å²) in [6, 6.07) is 9.72. The summed E-state index contributed by atoms with van der Waals surface area (Å²) in [6.45, 7) is 1.96. The summed E-state index contributed by atoms with van der Waals surface area (Å²) in [5.74, 6) is -1.24. The fourth-order valence-electron chi connectivity index (χ4n) is 1.92. The topological polar surface area (TPSA) is 0 Å². The molecular formula is C15H12Cl2F2. The van der Waals surface area contributed by atoms with Crippen LogP contribution < -0.4 is 0 Å². The Morgan fingerprint density at radius 1 is 1.11 bits per heavy atom. The number of benzene rings is 2. The Hall–Kier alpha value is -1.12. The van der Waals surface area contributed by atoms with Gasteiger partial charge in [-0.2, -0.15) is 0 Å². The standard InChI is InChI=1S/C15H12Cl2F2/c1-9-4-2-3-5-10(9)6-12(16)11-7-15(19)13(17)8-14(11)18/h2-5,7-8,12H,6H2,1H3. The molecule has 0 aromatic heterocycles. The maximum Gasteiger partial charge on any atom is 0.142 e. The molecule has 0 aliphatic rings. The van der Waals surface area contributed by atoms with Gasteiger partial charge in [0.1, 0.15) is 11.6 Å². The highest BCUT2D eigenvalue weighted by Crippen LogP contribution is 2.31. The highest BCUT2D eigenvalue weighted by atomic mass is 35.5. The van der Waals surface area contributed by atoms with Gasteiger partial charge in [0.15, 0.2) is 0 Å². The average Bonchev–Trinajstić information content (AvgIpc) is 2.36. The average molecular weight is 301 g/mol. The summed E-state index contributed by atoms with van der Waals surface area (Å²) < 4.78 is 27.1. The van der Waals surface area contributed by atoms with Crippen molar-refractivity contribution in [2.75, 3.05) is 0 Å². The first-order chi connectivity index (χ1) is 8.99. The van der Waals surface area contributed by atoms with Gasteiger partial charge in [-0.1, -0.05) is 35.9 Å². The van der Waals surface area contributed by atoms with E-state index in [0.717, 1.165) is 23.3 Å². The molecule has 0 saturated heterocycles. The molecule has 0 fully saturated rings. The van der Waals surface area contributed by atoms with Gasteiger partial charge in [0.25, 0.3) is 0 Å². The van der Waals surface area contributed by atoms with Gasteiger partial charge in [-0.3, -0.25) is 0 Å². The lowest BCUT2D eigenvalue weighted by atomic mass is 10.00. The van der Waals surface area contributed by atoms with Crippen LogP contribution in [0.4, 0.5) is 8.78 Å². The number of hydrogen-bond donors (Lipinski definition) is 0. The zero-order valence-corrected chi connectivity index (χ0v) is 11.8. The summed E-state index contributed by atoms with van der Waals surface area (Å²) in [6.07, 6.45) is 0.437. The van der Waals surface area contributed by atoms with Crippen LogP contribution in [0.1, 0.15) is 22.1 Å². The Morgan fingerprint density at radius 2 is 1.79 bits per heavy atom. The monoisotopic (exact) mass is 300 g/mol. The lowest BCUT2D eigenvalue weighted by molar-refractivity contribution is 0.582. The van der Waals surface area contributed by atoms with Crippen molar-refractivity contribution in [3.05, 3.63) is 69.7 Å². The minimum Gasteiger partial charge on any atom is -0.207 e. The molecule has 19 heavy (non-hydrogen) atoms. The summed E-state index contributed by atoms with van der Waals surface area (Å²) in [5.41, 5.74) is 2.21. The van der Waals surface area contributed by atoms with Gasteiger partial charge in [-0.05, 0) is 36.6 Å². The maximum atomic E-state index is 13.7. The molecule has 0 amide bonds. The fraction of sp³-hybridized carbons (Fsp3) is 0.200. The van der Waals surface area contributed by atoms with E-state index in [-0.39, 0.29) is 10.6 Å². The highest BCUT2D eigenvalue weighted by Gasteiger charge is 2.17. The number of alkyl halides is 1. The van der Waals surface area contributed by atoms with Crippen LogP contribution in [0.25, 0.3) is 0 Å². The second-order valence-corrected chi connectivity index (χ2v) is 5.32. The van der Waals surface area contributed by atoms with Crippen LogP contribution in [0, 0.1) is 18.6 Å². The molecule has 0 aliphatic carbocycles. The first-order valence-corrected chi connectivity index (χ1v) is 6.63. The van der Waals surface area contributed by atoms with E-state index in [1.165, 1.54) is 0 Å². The van der Waals surface area contributed by atoms with E-state index in [0.29, 0.717) is 6.42 Å². The molecule has 0 N–H and O–H groups in total. The molecule has 100 valence electrons. The molecule has 0 saturated carbocycles. The van der Waals surface area contributed by atoms with Crippen LogP contribution in [0.5, 0.6) is 0 Å². The molecule has 1 atom stereocenters. The Kier molecular flexibility index (Phi) is 4.43. The van der Waals surface area contributed by atoms with Crippen LogP contribution in [-0.4, -0.2) is 0 Å². The first-order valence-electron chi connectivity index (χ1n) is 5.82. The number of aryl methyl sites for hydroxylation is 1. The van der Waals surface area contributed by atoms with Crippen molar-refractivity contribution in [1.29, 1.82) is 0 Å². The Morgan fingerprint density at radius 3 is 2.47 bits per heavy atom. The molecule has 2 rings (SSSR count). The van der Waals surface area contributed by atoms with Crippen molar-refractivity contribution in [3.63, 3.8) is 0 Å². The van der Waals surface area contributed by atoms with Crippen LogP contribution in [0.15, 0.2) is 36.4 Å². The smallest absolute Gasteiger partial charge is 0.142 e. The van der Waals surface area contributed by atoms with Gasteiger partial charge in [-0.25, -0.2) is 8.78 Å². The zero-order chi connectivity index (χ0) is 14.0. The third-order valence-electron chi connectivity index (χ3n) is 3.04. The van der Waals surface area contributed by atoms with E-state index in [2.05, 4.69) is 0 Å². The SMILES string of the molecule is Cc1ccccc1CC(Cl)c1cc(F)c(Cl)cc1F. The first kappa shape index (κ1) is 14.3. The summed E-state index contributed by atoms with van der Waals surface area (Å²) >= 11 is 11.7. The predicted octanol–water partition coefficient (Wildman–Crippen LogP) is 5.45. The molecular weight excluding hydrogens is 289 g/mol. The lowest BCUT2D eigenvalue weighted by Crippen LogP contribution is -2.01. The second-order valence-electron chi connectivity index (χ2n) is 4.39. The predicted molar refractivity (Wildman–Crippen MR) is 74.8 cm³/mol. The Balaban J connectivity index is 2.28. The van der Waals surface area contributed by atoms with Gasteiger partial charge in [-0.15, -0.1) is 11.6 Å². The maximum absolute atomic E-state index is 13.7. The molecule has 4 heteroatoms. The van der Waals surface area contributed by atoms with Crippen LogP contribution in [-0.2, 0) is 6.42 Å². The number of halogens is 4. The summed E-state index contributed by atoms with van der Waals surface area (Å²) in [5, 5.41) is -0.867. The van der Waals surface area contributed by atoms with E-state index < -0.39 is 17.0 Å². The third kappa shape index (κ3) is 3.26. The Bertz CT molecular complexity index is 597. The van der Waals surface area contributed by atoms with Gasteiger partial charge in [0.2, 0.25) is 0 Å². The lowest BCUT2D eigenvalue weighted by Gasteiger charge is -2.13. The van der Waals surface area contributed by atoms with E-state index in [1.807, 2.05) is 31.2 Å². The normalized spacial score (nSPS) is 12.5. The van der Waals surface area contributed by atoms with Crippen molar-refractivity contribution < 1.29 is 8.78 Å². The molecule has 0 spiro atoms. The number of hydrogen-bond acceptors (Lipinski definition) is 0. The van der Waals surface area contributed by atoms with Gasteiger partial charge in [0, 0.05) is 5.56 Å². The molecule has 0 nitrogen and oxygen atoms in total. The van der Waals surface area contributed by atoms with Crippen molar-refractivity contribution in [3.8, 4) is 0 Å². The molecule has 1 unspecified atom stereocenters. The molecule has 0 bridgehead atoms. The van der Waals surface area contributed by atoms with E-state index in [9.17, 15) is 8.78 Å². The minimum atomic E-state index is -0.659. The van der Waals surface area contributed by atoms with Crippen molar-refractivity contribution in [2.24, 2.45) is 0 Å². The van der Waals surface area contributed by atoms with E-state index >= 15 is 0 Å². The largest absolute Gasteiger partial charge is 0.207 e. The minimum absolute atomic E-state index is 0.131. The second kappa shape index (κ2) is 5.89. The third-order valence-corrected chi connectivity index (χ3v) is 3.72. The number of rotatable bonds is 3. The van der Waals surface area contributed by atoms with Gasteiger partial charge in [0.05, 0.1) is 10.4 Å². The van der Waals surface area contributed by atoms with Crippen molar-refractivity contribution in [2.45, 2.75) is 18.7 Å². The Labute approximate surface area is 121 Å². The highest BCUT2D eigenvalue weighted by molar-refractivity contribution is 6.30. The van der Waals surface area contributed by atoms with Crippen molar-refractivity contribution in [1.82, 2.24) is 0 Å². The van der Waals surface area contributed by atoms with Gasteiger partial charge >= 0.3 is 0 Å². The van der Waals surface area contributed by atoms with E-state index in [4.69, 9.17) is 23.2 Å². The molecule has 0 aliphatic heterocycles. The van der Waals surface area contributed by atoms with Crippen molar-refractivity contribution >= 4 is 23.2 Å². The van der Waals surface area contributed by atoms with Crippen LogP contribution in [0.2, 0.25) is 5.02 Å². The van der Waals surface area contributed by atoms with Crippen LogP contribution in [0.3, 0.4) is 0 Å². The molecule has 2 aromatic carbocycles.